The van der Waals surface area contributed by atoms with Crippen LogP contribution in [0.4, 0.5) is 10.1 Å². The Bertz CT molecular complexity index is 465. The maximum Gasteiger partial charge on any atom is 0.236 e. The van der Waals surface area contributed by atoms with E-state index in [1.165, 1.54) is 12.1 Å². The lowest BCUT2D eigenvalue weighted by atomic mass is 10.1. The first-order valence-electron chi connectivity index (χ1n) is 5.20. The second-order valence-electron chi connectivity index (χ2n) is 3.96. The Hall–Kier alpha value is -2.09. The zero-order valence-electron chi connectivity index (χ0n) is 9.77. The summed E-state index contributed by atoms with van der Waals surface area (Å²) in [5.41, 5.74) is 5.86. The number of hydrogen-bond acceptors (Lipinski definition) is 3. The highest BCUT2D eigenvalue weighted by molar-refractivity contribution is 5.80. The zero-order valence-corrected chi connectivity index (χ0v) is 9.77. The van der Waals surface area contributed by atoms with Crippen molar-refractivity contribution in [1.82, 2.24) is 0 Å². The molecule has 90 valence electrons. The number of halogens is 1. The molecule has 0 aliphatic carbocycles. The standard InChI is InChI=1S/C12H14FN3O/c1-8(2)16(7-12(15)17)11-4-3-10(13)5-9(11)6-14/h3-5,8H,7H2,1-2H3,(H2,15,17). The number of carbonyl (C=O) groups is 1. The van der Waals surface area contributed by atoms with Gasteiger partial charge in [0.05, 0.1) is 17.8 Å². The van der Waals surface area contributed by atoms with Crippen molar-refractivity contribution >= 4 is 11.6 Å². The van der Waals surface area contributed by atoms with E-state index >= 15 is 0 Å². The second kappa shape index (κ2) is 5.30. The molecule has 0 heterocycles. The lowest BCUT2D eigenvalue weighted by Crippen LogP contribution is -2.39. The fourth-order valence-electron chi connectivity index (χ4n) is 1.56. The minimum atomic E-state index is -0.494. The van der Waals surface area contributed by atoms with E-state index < -0.39 is 11.7 Å². The van der Waals surface area contributed by atoms with Crippen molar-refractivity contribution in [3.8, 4) is 6.07 Å². The molecular weight excluding hydrogens is 221 g/mol. The first-order valence-corrected chi connectivity index (χ1v) is 5.20. The monoisotopic (exact) mass is 235 g/mol. The van der Waals surface area contributed by atoms with Crippen molar-refractivity contribution in [2.24, 2.45) is 5.73 Å². The lowest BCUT2D eigenvalue weighted by Gasteiger charge is -2.28. The molecule has 0 atom stereocenters. The number of amides is 1. The summed E-state index contributed by atoms with van der Waals surface area (Å²) in [6.07, 6.45) is 0. The molecular formula is C12H14FN3O. The molecule has 0 radical (unpaired) electrons. The molecule has 0 unspecified atom stereocenters. The molecule has 1 amide bonds. The van der Waals surface area contributed by atoms with Gasteiger partial charge in [-0.1, -0.05) is 0 Å². The number of primary amides is 1. The summed E-state index contributed by atoms with van der Waals surface area (Å²) < 4.78 is 13.0. The molecule has 0 spiro atoms. The van der Waals surface area contributed by atoms with Gasteiger partial charge in [-0.05, 0) is 32.0 Å². The predicted octanol–water partition coefficient (Wildman–Crippen LogP) is 1.40. The average molecular weight is 235 g/mol. The molecule has 0 aliphatic rings. The largest absolute Gasteiger partial charge is 0.368 e. The zero-order chi connectivity index (χ0) is 13.0. The third-order valence-corrected chi connectivity index (χ3v) is 2.34. The van der Waals surface area contributed by atoms with E-state index in [0.29, 0.717) is 5.69 Å². The van der Waals surface area contributed by atoms with E-state index in [2.05, 4.69) is 0 Å². The Labute approximate surface area is 99.4 Å². The molecule has 0 fully saturated rings. The number of carbonyl (C=O) groups excluding carboxylic acids is 1. The fraction of sp³-hybridized carbons (Fsp3) is 0.333. The molecule has 0 bridgehead atoms. The highest BCUT2D eigenvalue weighted by Gasteiger charge is 2.16. The normalized spacial score (nSPS) is 10.1. The highest BCUT2D eigenvalue weighted by Crippen LogP contribution is 2.22. The molecule has 0 aromatic heterocycles. The van der Waals surface area contributed by atoms with Crippen LogP contribution in [0.3, 0.4) is 0 Å². The van der Waals surface area contributed by atoms with Gasteiger partial charge < -0.3 is 10.6 Å². The summed E-state index contributed by atoms with van der Waals surface area (Å²) in [4.78, 5) is 12.6. The number of benzene rings is 1. The molecule has 4 nitrogen and oxygen atoms in total. The highest BCUT2D eigenvalue weighted by atomic mass is 19.1. The summed E-state index contributed by atoms with van der Waals surface area (Å²) in [6, 6.07) is 5.78. The summed E-state index contributed by atoms with van der Waals surface area (Å²) >= 11 is 0. The quantitative estimate of drug-likeness (QED) is 0.857. The molecule has 0 saturated heterocycles. The number of rotatable bonds is 4. The van der Waals surface area contributed by atoms with Crippen LogP contribution in [0.5, 0.6) is 0 Å². The summed E-state index contributed by atoms with van der Waals surface area (Å²) in [6.45, 7) is 3.74. The van der Waals surface area contributed by atoms with Gasteiger partial charge in [-0.25, -0.2) is 4.39 Å². The summed E-state index contributed by atoms with van der Waals surface area (Å²) in [5.74, 6) is -0.972. The van der Waals surface area contributed by atoms with E-state index in [0.717, 1.165) is 6.07 Å². The number of nitrogens with zero attached hydrogens (tertiary/aromatic N) is 2. The van der Waals surface area contributed by atoms with E-state index in [9.17, 15) is 9.18 Å². The van der Waals surface area contributed by atoms with Gasteiger partial charge in [0, 0.05) is 6.04 Å². The predicted molar refractivity (Wildman–Crippen MR) is 62.8 cm³/mol. The van der Waals surface area contributed by atoms with Gasteiger partial charge in [-0.3, -0.25) is 4.79 Å². The summed E-state index contributed by atoms with van der Waals surface area (Å²) in [7, 11) is 0. The van der Waals surface area contributed by atoms with Crippen molar-refractivity contribution in [3.63, 3.8) is 0 Å². The van der Waals surface area contributed by atoms with Crippen LogP contribution >= 0.6 is 0 Å². The summed E-state index contributed by atoms with van der Waals surface area (Å²) in [5, 5.41) is 8.95. The van der Waals surface area contributed by atoms with Crippen molar-refractivity contribution in [3.05, 3.63) is 29.6 Å². The smallest absolute Gasteiger partial charge is 0.236 e. The molecule has 0 saturated carbocycles. The van der Waals surface area contributed by atoms with Crippen LogP contribution in [0, 0.1) is 17.1 Å². The average Bonchev–Trinajstić information content (AvgIpc) is 2.25. The Kier molecular flexibility index (Phi) is 4.05. The van der Waals surface area contributed by atoms with E-state index in [1.807, 2.05) is 19.9 Å². The van der Waals surface area contributed by atoms with Gasteiger partial charge in [0.25, 0.3) is 0 Å². The first-order chi connectivity index (χ1) is 7.95. The van der Waals surface area contributed by atoms with Crippen molar-refractivity contribution in [2.75, 3.05) is 11.4 Å². The van der Waals surface area contributed by atoms with Crippen molar-refractivity contribution in [1.29, 1.82) is 5.26 Å². The molecule has 17 heavy (non-hydrogen) atoms. The molecule has 2 N–H and O–H groups in total. The van der Waals surface area contributed by atoms with Crippen LogP contribution in [-0.2, 0) is 4.79 Å². The molecule has 5 heteroatoms. The third kappa shape index (κ3) is 3.18. The Morgan fingerprint density at radius 3 is 2.71 bits per heavy atom. The first kappa shape index (κ1) is 13.0. The minimum absolute atomic E-state index is 0.00200. The Morgan fingerprint density at radius 2 is 2.24 bits per heavy atom. The van der Waals surface area contributed by atoms with Crippen molar-refractivity contribution < 1.29 is 9.18 Å². The Morgan fingerprint density at radius 1 is 1.59 bits per heavy atom. The molecule has 1 aromatic rings. The topological polar surface area (TPSA) is 70.1 Å². The van der Waals surface area contributed by atoms with Crippen LogP contribution in [0.15, 0.2) is 18.2 Å². The van der Waals surface area contributed by atoms with E-state index in [-0.39, 0.29) is 18.2 Å². The maximum absolute atomic E-state index is 13.0. The van der Waals surface area contributed by atoms with E-state index in [4.69, 9.17) is 11.0 Å². The van der Waals surface area contributed by atoms with Gasteiger partial charge in [-0.2, -0.15) is 5.26 Å². The number of nitriles is 1. The molecule has 0 aliphatic heterocycles. The van der Waals surface area contributed by atoms with Gasteiger partial charge in [0.2, 0.25) is 5.91 Å². The van der Waals surface area contributed by atoms with Crippen LogP contribution in [0.1, 0.15) is 19.4 Å². The number of nitrogens with two attached hydrogens (primary N) is 1. The third-order valence-electron chi connectivity index (χ3n) is 2.34. The van der Waals surface area contributed by atoms with Crippen LogP contribution in [-0.4, -0.2) is 18.5 Å². The van der Waals surface area contributed by atoms with Gasteiger partial charge in [-0.15, -0.1) is 0 Å². The van der Waals surface area contributed by atoms with Gasteiger partial charge in [0.1, 0.15) is 11.9 Å². The number of hydrogen-bond donors (Lipinski definition) is 1. The number of anilines is 1. The molecule has 1 aromatic carbocycles. The Balaban J connectivity index is 3.19. The van der Waals surface area contributed by atoms with E-state index in [1.54, 1.807) is 4.90 Å². The van der Waals surface area contributed by atoms with Gasteiger partial charge in [0.15, 0.2) is 0 Å². The maximum atomic E-state index is 13.0. The van der Waals surface area contributed by atoms with Crippen LogP contribution in [0.25, 0.3) is 0 Å². The fourth-order valence-corrected chi connectivity index (χ4v) is 1.56. The molecule has 1 rings (SSSR count). The lowest BCUT2D eigenvalue weighted by molar-refractivity contribution is -0.116. The van der Waals surface area contributed by atoms with Crippen LogP contribution in [0.2, 0.25) is 0 Å². The second-order valence-corrected chi connectivity index (χ2v) is 3.96. The van der Waals surface area contributed by atoms with Gasteiger partial charge >= 0.3 is 0 Å². The van der Waals surface area contributed by atoms with Crippen molar-refractivity contribution in [2.45, 2.75) is 19.9 Å². The minimum Gasteiger partial charge on any atom is -0.368 e. The SMILES string of the molecule is CC(C)N(CC(N)=O)c1ccc(F)cc1C#N. The van der Waals surface area contributed by atoms with Crippen LogP contribution < -0.4 is 10.6 Å².